The van der Waals surface area contributed by atoms with Crippen LogP contribution in [0.1, 0.15) is 5.76 Å². The number of carbonyl (C=O) groups excluding carboxylic acids is 1. The van der Waals surface area contributed by atoms with E-state index < -0.39 is 0 Å². The lowest BCUT2D eigenvalue weighted by Crippen LogP contribution is -2.44. The average molecular weight is 447 g/mol. The van der Waals surface area contributed by atoms with Crippen molar-refractivity contribution in [1.82, 2.24) is 10.2 Å². The number of rotatable bonds is 5. The number of amides is 1. The Hall–Kier alpha value is -3.42. The molecule has 0 spiro atoms. The van der Waals surface area contributed by atoms with Crippen LogP contribution in [0.4, 0.5) is 11.4 Å². The highest BCUT2D eigenvalue weighted by atomic mass is 32.1. The van der Waals surface area contributed by atoms with Gasteiger partial charge in [-0.1, -0.05) is 30.3 Å². The summed E-state index contributed by atoms with van der Waals surface area (Å²) in [5.74, 6) is 1.02. The second-order valence-electron chi connectivity index (χ2n) is 7.68. The third-order valence-corrected chi connectivity index (χ3v) is 5.52. The fourth-order valence-electron chi connectivity index (χ4n) is 3.49. The lowest BCUT2D eigenvalue weighted by molar-refractivity contribution is -0.115. The molecule has 1 aromatic heterocycles. The first-order valence-electron chi connectivity index (χ1n) is 10.6. The van der Waals surface area contributed by atoms with Crippen molar-refractivity contribution in [3.05, 3.63) is 78.6 Å². The monoisotopic (exact) mass is 446 g/mol. The van der Waals surface area contributed by atoms with E-state index in [1.54, 1.807) is 6.08 Å². The molecule has 0 saturated carbocycles. The van der Waals surface area contributed by atoms with Crippen LogP contribution in [0.2, 0.25) is 0 Å². The molecule has 1 aliphatic rings. The van der Waals surface area contributed by atoms with Gasteiger partial charge in [0.15, 0.2) is 5.11 Å². The van der Waals surface area contributed by atoms with E-state index in [2.05, 4.69) is 39.6 Å². The predicted molar refractivity (Wildman–Crippen MR) is 134 cm³/mol. The van der Waals surface area contributed by atoms with Crippen molar-refractivity contribution in [2.24, 2.45) is 0 Å². The lowest BCUT2D eigenvalue weighted by atomic mass is 10.2. The first kappa shape index (κ1) is 21.8. The number of nitrogens with one attached hydrogen (secondary N) is 2. The molecule has 7 heteroatoms. The van der Waals surface area contributed by atoms with Crippen molar-refractivity contribution in [3.8, 4) is 11.3 Å². The molecule has 0 radical (unpaired) electrons. The van der Waals surface area contributed by atoms with Crippen LogP contribution in [0.3, 0.4) is 0 Å². The van der Waals surface area contributed by atoms with E-state index in [-0.39, 0.29) is 11.0 Å². The number of nitrogens with zero attached hydrogens (tertiary/aromatic N) is 2. The predicted octanol–water partition coefficient (Wildman–Crippen LogP) is 4.22. The molecule has 0 bridgehead atoms. The molecule has 1 amide bonds. The molecule has 0 aliphatic carbocycles. The Balaban J connectivity index is 1.27. The van der Waals surface area contributed by atoms with Crippen LogP contribution in [0.5, 0.6) is 0 Å². The summed E-state index contributed by atoms with van der Waals surface area (Å²) in [6.07, 6.45) is 3.02. The molecule has 0 unspecified atom stereocenters. The van der Waals surface area contributed by atoms with Crippen molar-refractivity contribution in [2.45, 2.75) is 0 Å². The van der Waals surface area contributed by atoms with Gasteiger partial charge in [0, 0.05) is 49.2 Å². The second-order valence-corrected chi connectivity index (χ2v) is 8.09. The number of hydrogen-bond donors (Lipinski definition) is 2. The Kier molecular flexibility index (Phi) is 6.99. The van der Waals surface area contributed by atoms with Crippen LogP contribution in [0.25, 0.3) is 17.4 Å². The number of carbonyl (C=O) groups is 1. The van der Waals surface area contributed by atoms with E-state index in [1.165, 1.54) is 11.8 Å². The quantitative estimate of drug-likeness (QED) is 0.452. The van der Waals surface area contributed by atoms with Gasteiger partial charge in [0.25, 0.3) is 0 Å². The Labute approximate surface area is 193 Å². The number of likely N-dealkylation sites (N-methyl/N-ethyl adjacent to an activating group) is 1. The van der Waals surface area contributed by atoms with Gasteiger partial charge in [-0.25, -0.2) is 0 Å². The van der Waals surface area contributed by atoms with Crippen LogP contribution >= 0.6 is 12.2 Å². The summed E-state index contributed by atoms with van der Waals surface area (Å²) in [6.45, 7) is 4.17. The Morgan fingerprint density at radius 2 is 1.69 bits per heavy atom. The summed E-state index contributed by atoms with van der Waals surface area (Å²) in [5, 5.41) is 5.95. The zero-order valence-electron chi connectivity index (χ0n) is 18.0. The largest absolute Gasteiger partial charge is 0.457 e. The lowest BCUT2D eigenvalue weighted by Gasteiger charge is -2.34. The van der Waals surface area contributed by atoms with Gasteiger partial charge in [-0.15, -0.1) is 0 Å². The van der Waals surface area contributed by atoms with Gasteiger partial charge < -0.3 is 19.5 Å². The standard InChI is InChI=1S/C25H26N4O2S/c1-28-15-17-29(18-16-28)21-9-7-20(8-10-21)26-25(32)27-24(30)14-12-22-11-13-23(31-22)19-5-3-2-4-6-19/h2-14H,15-18H2,1H3,(H2,26,27,30,32)/b14-12+. The molecule has 2 heterocycles. The van der Waals surface area contributed by atoms with Gasteiger partial charge in [-0.3, -0.25) is 10.1 Å². The van der Waals surface area contributed by atoms with Gasteiger partial charge in [0.05, 0.1) is 0 Å². The smallest absolute Gasteiger partial charge is 0.250 e. The molecule has 4 rings (SSSR count). The van der Waals surface area contributed by atoms with E-state index >= 15 is 0 Å². The van der Waals surface area contributed by atoms with Crippen LogP contribution in [-0.4, -0.2) is 49.1 Å². The zero-order chi connectivity index (χ0) is 22.3. The summed E-state index contributed by atoms with van der Waals surface area (Å²) in [7, 11) is 2.14. The minimum absolute atomic E-state index is 0.247. The van der Waals surface area contributed by atoms with E-state index in [0.717, 1.165) is 43.2 Å². The zero-order valence-corrected chi connectivity index (χ0v) is 18.8. The van der Waals surface area contributed by atoms with Crippen molar-refractivity contribution >= 4 is 40.7 Å². The van der Waals surface area contributed by atoms with Crippen molar-refractivity contribution < 1.29 is 9.21 Å². The number of hydrogen-bond acceptors (Lipinski definition) is 5. The first-order valence-corrected chi connectivity index (χ1v) is 11.0. The number of furan rings is 1. The highest BCUT2D eigenvalue weighted by Crippen LogP contribution is 2.22. The minimum Gasteiger partial charge on any atom is -0.457 e. The average Bonchev–Trinajstić information content (AvgIpc) is 3.29. The second kappa shape index (κ2) is 10.3. The molecule has 32 heavy (non-hydrogen) atoms. The van der Waals surface area contributed by atoms with Gasteiger partial charge in [-0.2, -0.15) is 0 Å². The third kappa shape index (κ3) is 5.84. The van der Waals surface area contributed by atoms with Crippen molar-refractivity contribution in [2.75, 3.05) is 43.4 Å². The third-order valence-electron chi connectivity index (χ3n) is 5.31. The fraction of sp³-hybridized carbons (Fsp3) is 0.200. The summed E-state index contributed by atoms with van der Waals surface area (Å²) in [6, 6.07) is 21.6. The normalized spacial score (nSPS) is 14.5. The van der Waals surface area contributed by atoms with Crippen molar-refractivity contribution in [3.63, 3.8) is 0 Å². The molecule has 6 nitrogen and oxygen atoms in total. The maximum Gasteiger partial charge on any atom is 0.250 e. The van der Waals surface area contributed by atoms with Crippen LogP contribution < -0.4 is 15.5 Å². The van der Waals surface area contributed by atoms with Gasteiger partial charge in [0.2, 0.25) is 5.91 Å². The molecule has 164 valence electrons. The number of thiocarbonyl (C=S) groups is 1. The molecule has 2 N–H and O–H groups in total. The van der Waals surface area contributed by atoms with Crippen LogP contribution in [0, 0.1) is 0 Å². The molecule has 2 aromatic carbocycles. The Bertz CT molecular complexity index is 1080. The van der Waals surface area contributed by atoms with Crippen LogP contribution in [0.15, 0.2) is 77.2 Å². The fourth-order valence-corrected chi connectivity index (χ4v) is 3.71. The van der Waals surface area contributed by atoms with Gasteiger partial charge >= 0.3 is 0 Å². The van der Waals surface area contributed by atoms with E-state index in [1.807, 2.05) is 54.6 Å². The first-order chi connectivity index (χ1) is 15.6. The molecule has 0 atom stereocenters. The van der Waals surface area contributed by atoms with Crippen LogP contribution in [-0.2, 0) is 4.79 Å². The topological polar surface area (TPSA) is 60.8 Å². The maximum absolute atomic E-state index is 12.2. The molecule has 1 aliphatic heterocycles. The van der Waals surface area contributed by atoms with E-state index in [9.17, 15) is 4.79 Å². The summed E-state index contributed by atoms with van der Waals surface area (Å²) in [5.41, 5.74) is 3.01. The van der Waals surface area contributed by atoms with E-state index in [4.69, 9.17) is 16.6 Å². The molecule has 1 fully saturated rings. The summed E-state index contributed by atoms with van der Waals surface area (Å²) >= 11 is 5.27. The number of anilines is 2. The van der Waals surface area contributed by atoms with E-state index in [0.29, 0.717) is 5.76 Å². The number of piperazine rings is 1. The van der Waals surface area contributed by atoms with Gasteiger partial charge in [0.1, 0.15) is 11.5 Å². The summed E-state index contributed by atoms with van der Waals surface area (Å²) in [4.78, 5) is 16.9. The Morgan fingerprint density at radius 1 is 0.969 bits per heavy atom. The molecule has 3 aromatic rings. The highest BCUT2D eigenvalue weighted by molar-refractivity contribution is 7.80. The number of benzene rings is 2. The minimum atomic E-state index is -0.325. The summed E-state index contributed by atoms with van der Waals surface area (Å²) < 4.78 is 5.77. The molecular weight excluding hydrogens is 420 g/mol. The molecule has 1 saturated heterocycles. The highest BCUT2D eigenvalue weighted by Gasteiger charge is 2.14. The SMILES string of the molecule is CN1CCN(c2ccc(NC(=S)NC(=O)/C=C/c3ccc(-c4ccccc4)o3)cc2)CC1. The van der Waals surface area contributed by atoms with Crippen molar-refractivity contribution in [1.29, 1.82) is 0 Å². The Morgan fingerprint density at radius 3 is 2.41 bits per heavy atom. The maximum atomic E-state index is 12.2. The van der Waals surface area contributed by atoms with Gasteiger partial charge in [-0.05, 0) is 61.7 Å². The molecular formula is C25H26N4O2S.